The van der Waals surface area contributed by atoms with Gasteiger partial charge in [0, 0.05) is 12.0 Å². The van der Waals surface area contributed by atoms with Gasteiger partial charge in [0.1, 0.15) is 0 Å². The monoisotopic (exact) mass is 265 g/mol. The molecular weight excluding hydrogens is 251 g/mol. The van der Waals surface area contributed by atoms with Crippen molar-refractivity contribution in [3.8, 4) is 0 Å². The first-order valence-electron chi connectivity index (χ1n) is 6.27. The van der Waals surface area contributed by atoms with E-state index in [4.69, 9.17) is 5.73 Å². The number of hydrogen-bond donors (Lipinski definition) is 1. The van der Waals surface area contributed by atoms with Gasteiger partial charge in [-0.1, -0.05) is 24.3 Å². The van der Waals surface area contributed by atoms with Gasteiger partial charge in [-0.3, -0.25) is 0 Å². The maximum atomic E-state index is 12.7. The Labute approximate surface area is 109 Å². The van der Waals surface area contributed by atoms with Gasteiger partial charge < -0.3 is 5.73 Å². The Morgan fingerprint density at radius 1 is 1.11 bits per heavy atom. The van der Waals surface area contributed by atoms with Crippen molar-refractivity contribution >= 4 is 10.8 Å². The predicted molar refractivity (Wildman–Crippen MR) is 68.9 cm³/mol. The van der Waals surface area contributed by atoms with Crippen LogP contribution < -0.4 is 5.73 Å². The van der Waals surface area contributed by atoms with E-state index in [1.807, 2.05) is 12.1 Å². The molecule has 19 heavy (non-hydrogen) atoms. The van der Waals surface area contributed by atoms with Crippen LogP contribution in [0, 0.1) is 0 Å². The number of fused-ring (bicyclic) bond motifs is 1. The molecule has 0 saturated heterocycles. The van der Waals surface area contributed by atoms with Crippen LogP contribution in [0.1, 0.15) is 24.0 Å². The third kappa shape index (κ3) is 2.00. The van der Waals surface area contributed by atoms with Crippen molar-refractivity contribution < 1.29 is 13.2 Å². The van der Waals surface area contributed by atoms with Gasteiger partial charge in [0.15, 0.2) is 0 Å². The van der Waals surface area contributed by atoms with E-state index < -0.39 is 11.7 Å². The zero-order chi connectivity index (χ0) is 13.7. The number of alkyl halides is 3. The molecular formula is C15H14F3N. The number of halogens is 3. The summed E-state index contributed by atoms with van der Waals surface area (Å²) in [4.78, 5) is 0. The molecule has 0 amide bonds. The Balaban J connectivity index is 2.18. The summed E-state index contributed by atoms with van der Waals surface area (Å²) in [6.45, 7) is 0.549. The molecule has 0 unspecified atom stereocenters. The summed E-state index contributed by atoms with van der Waals surface area (Å²) in [5.41, 5.74) is 6.28. The normalized spacial score (nSPS) is 17.7. The lowest BCUT2D eigenvalue weighted by atomic mass is 9.90. The predicted octanol–water partition coefficient (Wildman–Crippen LogP) is 3.85. The van der Waals surface area contributed by atoms with E-state index in [0.717, 1.165) is 29.9 Å². The van der Waals surface area contributed by atoms with Gasteiger partial charge in [-0.25, -0.2) is 0 Å². The highest BCUT2D eigenvalue weighted by molar-refractivity contribution is 5.88. The average molecular weight is 265 g/mol. The molecule has 3 rings (SSSR count). The molecule has 0 heterocycles. The summed E-state index contributed by atoms with van der Waals surface area (Å²) >= 11 is 0. The summed E-state index contributed by atoms with van der Waals surface area (Å²) in [7, 11) is 0. The standard InChI is InChI=1S/C15H14F3N/c16-15(17,18)11-4-5-12-10(8-11)2-1-3-13(12)14(9-19)6-7-14/h1-5,8H,6-7,9,19H2. The minimum atomic E-state index is -4.30. The van der Waals surface area contributed by atoms with Crippen LogP contribution in [0.5, 0.6) is 0 Å². The Kier molecular flexibility index (Phi) is 2.61. The molecule has 0 spiro atoms. The third-order valence-corrected chi connectivity index (χ3v) is 4.02. The molecule has 1 nitrogen and oxygen atoms in total. The SMILES string of the molecule is NCC1(c2cccc3cc(C(F)(F)F)ccc23)CC1. The summed E-state index contributed by atoms with van der Waals surface area (Å²) < 4.78 is 38.1. The quantitative estimate of drug-likeness (QED) is 0.877. The van der Waals surface area contributed by atoms with Crippen LogP contribution >= 0.6 is 0 Å². The number of hydrogen-bond acceptors (Lipinski definition) is 1. The summed E-state index contributed by atoms with van der Waals surface area (Å²) in [5, 5.41) is 1.52. The highest BCUT2D eigenvalue weighted by atomic mass is 19.4. The van der Waals surface area contributed by atoms with Crippen LogP contribution in [0.4, 0.5) is 13.2 Å². The number of benzene rings is 2. The second kappa shape index (κ2) is 3.97. The van der Waals surface area contributed by atoms with Gasteiger partial charge in [0.05, 0.1) is 5.56 Å². The van der Waals surface area contributed by atoms with Crippen LogP contribution in [0.3, 0.4) is 0 Å². The lowest BCUT2D eigenvalue weighted by Gasteiger charge is -2.16. The topological polar surface area (TPSA) is 26.0 Å². The van der Waals surface area contributed by atoms with E-state index in [1.165, 1.54) is 6.07 Å². The highest BCUT2D eigenvalue weighted by Crippen LogP contribution is 2.49. The molecule has 2 aromatic carbocycles. The molecule has 1 saturated carbocycles. The van der Waals surface area contributed by atoms with Gasteiger partial charge in [0.2, 0.25) is 0 Å². The van der Waals surface area contributed by atoms with Gasteiger partial charge in [-0.2, -0.15) is 13.2 Å². The second-order valence-electron chi connectivity index (χ2n) is 5.22. The highest BCUT2D eigenvalue weighted by Gasteiger charge is 2.43. The first-order valence-corrected chi connectivity index (χ1v) is 6.27. The Morgan fingerprint density at radius 2 is 1.84 bits per heavy atom. The smallest absolute Gasteiger partial charge is 0.330 e. The van der Waals surface area contributed by atoms with Gasteiger partial charge >= 0.3 is 6.18 Å². The molecule has 1 fully saturated rings. The molecule has 1 aliphatic carbocycles. The van der Waals surface area contributed by atoms with Gasteiger partial charge in [0.25, 0.3) is 0 Å². The van der Waals surface area contributed by atoms with Crippen molar-refractivity contribution in [2.75, 3.05) is 6.54 Å². The van der Waals surface area contributed by atoms with Gasteiger partial charge in [-0.05, 0) is 41.3 Å². The molecule has 100 valence electrons. The Bertz CT molecular complexity index is 627. The molecule has 4 heteroatoms. The lowest BCUT2D eigenvalue weighted by Crippen LogP contribution is -2.20. The van der Waals surface area contributed by atoms with Crippen molar-refractivity contribution in [1.29, 1.82) is 0 Å². The number of rotatable bonds is 2. The molecule has 0 aromatic heterocycles. The number of nitrogens with two attached hydrogens (primary N) is 1. The summed E-state index contributed by atoms with van der Waals surface area (Å²) in [5.74, 6) is 0. The fourth-order valence-corrected chi connectivity index (χ4v) is 2.66. The zero-order valence-corrected chi connectivity index (χ0v) is 10.3. The molecule has 0 radical (unpaired) electrons. The van der Waals surface area contributed by atoms with E-state index in [9.17, 15) is 13.2 Å². The van der Waals surface area contributed by atoms with Crippen LogP contribution in [0.25, 0.3) is 10.8 Å². The van der Waals surface area contributed by atoms with Crippen molar-refractivity contribution in [3.05, 3.63) is 47.5 Å². The maximum absolute atomic E-state index is 12.7. The minimum Gasteiger partial charge on any atom is -0.330 e. The molecule has 2 N–H and O–H groups in total. The molecule has 0 atom stereocenters. The van der Waals surface area contributed by atoms with Crippen molar-refractivity contribution in [1.82, 2.24) is 0 Å². The molecule has 0 bridgehead atoms. The zero-order valence-electron chi connectivity index (χ0n) is 10.3. The van der Waals surface area contributed by atoms with Gasteiger partial charge in [-0.15, -0.1) is 0 Å². The third-order valence-electron chi connectivity index (χ3n) is 4.02. The molecule has 0 aliphatic heterocycles. The Hall–Kier alpha value is -1.55. The largest absolute Gasteiger partial charge is 0.416 e. The first kappa shape index (κ1) is 12.5. The van der Waals surface area contributed by atoms with Crippen molar-refractivity contribution in [2.24, 2.45) is 5.73 Å². The van der Waals surface area contributed by atoms with Crippen molar-refractivity contribution in [2.45, 2.75) is 24.4 Å². The fourth-order valence-electron chi connectivity index (χ4n) is 2.66. The summed E-state index contributed by atoms with van der Waals surface area (Å²) in [6, 6.07) is 9.46. The lowest BCUT2D eigenvalue weighted by molar-refractivity contribution is -0.137. The summed E-state index contributed by atoms with van der Waals surface area (Å²) in [6.07, 6.45) is -2.26. The van der Waals surface area contributed by atoms with Crippen LogP contribution in [0.2, 0.25) is 0 Å². The van der Waals surface area contributed by atoms with Crippen LogP contribution in [-0.4, -0.2) is 6.54 Å². The van der Waals surface area contributed by atoms with E-state index >= 15 is 0 Å². The van der Waals surface area contributed by atoms with Crippen molar-refractivity contribution in [3.63, 3.8) is 0 Å². The second-order valence-corrected chi connectivity index (χ2v) is 5.22. The Morgan fingerprint density at radius 3 is 2.42 bits per heavy atom. The minimum absolute atomic E-state index is 0.0146. The maximum Gasteiger partial charge on any atom is 0.416 e. The average Bonchev–Trinajstić information content (AvgIpc) is 3.17. The van der Waals surface area contributed by atoms with E-state index in [2.05, 4.69) is 0 Å². The van der Waals surface area contributed by atoms with E-state index in [0.29, 0.717) is 11.9 Å². The van der Waals surface area contributed by atoms with Crippen LogP contribution in [0.15, 0.2) is 36.4 Å². The van der Waals surface area contributed by atoms with E-state index in [1.54, 1.807) is 12.1 Å². The molecule has 2 aromatic rings. The molecule has 1 aliphatic rings. The fraction of sp³-hybridized carbons (Fsp3) is 0.333. The first-order chi connectivity index (χ1) is 8.96. The van der Waals surface area contributed by atoms with E-state index in [-0.39, 0.29) is 5.41 Å². The van der Waals surface area contributed by atoms with Crippen LogP contribution in [-0.2, 0) is 11.6 Å².